The van der Waals surface area contributed by atoms with Crippen molar-refractivity contribution in [2.24, 2.45) is 11.7 Å². The summed E-state index contributed by atoms with van der Waals surface area (Å²) >= 11 is 0. The van der Waals surface area contributed by atoms with Crippen LogP contribution in [-0.4, -0.2) is 41.9 Å². The minimum Gasteiger partial charge on any atom is -0.330 e. The first-order valence-corrected chi connectivity index (χ1v) is 8.31. The molecule has 0 spiro atoms. The van der Waals surface area contributed by atoms with E-state index in [0.29, 0.717) is 30.6 Å². The molecule has 3 rings (SSSR count). The molecule has 2 aliphatic heterocycles. The number of nitrogens with zero attached hydrogens (tertiary/aromatic N) is 3. The number of fused-ring (bicyclic) bond motifs is 1. The number of imidazole rings is 1. The van der Waals surface area contributed by atoms with Gasteiger partial charge in [-0.3, -0.25) is 0 Å². The van der Waals surface area contributed by atoms with Gasteiger partial charge in [0.25, 0.3) is 10.0 Å². The summed E-state index contributed by atoms with van der Waals surface area (Å²) in [6.45, 7) is 2.56. The van der Waals surface area contributed by atoms with E-state index in [9.17, 15) is 8.42 Å². The third kappa shape index (κ3) is 2.59. The van der Waals surface area contributed by atoms with Crippen molar-refractivity contribution in [3.8, 4) is 0 Å². The summed E-state index contributed by atoms with van der Waals surface area (Å²) in [6.07, 6.45) is 5.10. The van der Waals surface area contributed by atoms with Crippen LogP contribution in [0.4, 0.5) is 0 Å². The summed E-state index contributed by atoms with van der Waals surface area (Å²) in [5, 5.41) is 0.367. The van der Waals surface area contributed by atoms with Crippen LogP contribution in [0.25, 0.3) is 0 Å². The van der Waals surface area contributed by atoms with E-state index < -0.39 is 10.0 Å². The van der Waals surface area contributed by atoms with E-state index in [2.05, 4.69) is 4.98 Å². The van der Waals surface area contributed by atoms with Gasteiger partial charge in [-0.25, -0.2) is 13.4 Å². The van der Waals surface area contributed by atoms with Crippen molar-refractivity contribution in [2.75, 3.05) is 19.6 Å². The van der Waals surface area contributed by atoms with Crippen LogP contribution in [0.15, 0.2) is 11.2 Å². The Kier molecular flexibility index (Phi) is 4.73. The molecule has 1 aromatic rings. The molecular formula is C12H21ClN4O2S. The van der Waals surface area contributed by atoms with Gasteiger partial charge in [0.05, 0.1) is 6.20 Å². The van der Waals surface area contributed by atoms with E-state index in [1.807, 2.05) is 4.57 Å². The number of nitrogens with two attached hydrogens (primary N) is 1. The van der Waals surface area contributed by atoms with Crippen LogP contribution in [0.3, 0.4) is 0 Å². The van der Waals surface area contributed by atoms with Crippen molar-refractivity contribution in [1.82, 2.24) is 13.9 Å². The molecule has 20 heavy (non-hydrogen) atoms. The van der Waals surface area contributed by atoms with Crippen LogP contribution in [0, 0.1) is 5.92 Å². The smallest absolute Gasteiger partial charge is 0.260 e. The average molecular weight is 321 g/mol. The summed E-state index contributed by atoms with van der Waals surface area (Å²) < 4.78 is 28.7. The van der Waals surface area contributed by atoms with E-state index in [-0.39, 0.29) is 12.4 Å². The van der Waals surface area contributed by atoms with Gasteiger partial charge in [0, 0.05) is 26.1 Å². The van der Waals surface area contributed by atoms with Gasteiger partial charge < -0.3 is 10.3 Å². The van der Waals surface area contributed by atoms with Crippen molar-refractivity contribution in [3.63, 3.8) is 0 Å². The van der Waals surface area contributed by atoms with Crippen LogP contribution in [-0.2, 0) is 23.0 Å². The fraction of sp³-hybridized carbons (Fsp3) is 0.750. The van der Waals surface area contributed by atoms with Crippen LogP contribution in [0.2, 0.25) is 0 Å². The fourth-order valence-electron chi connectivity index (χ4n) is 2.95. The molecule has 2 N–H and O–H groups in total. The minimum atomic E-state index is -3.38. The van der Waals surface area contributed by atoms with Gasteiger partial charge >= 0.3 is 0 Å². The Balaban J connectivity index is 0.00000147. The van der Waals surface area contributed by atoms with Gasteiger partial charge in [0.2, 0.25) is 0 Å². The summed E-state index contributed by atoms with van der Waals surface area (Å²) in [5.41, 5.74) is 5.64. The molecule has 0 saturated carbocycles. The number of rotatable bonds is 3. The van der Waals surface area contributed by atoms with Gasteiger partial charge in [-0.05, 0) is 31.7 Å². The zero-order valence-corrected chi connectivity index (χ0v) is 13.0. The molecule has 1 saturated heterocycles. The lowest BCUT2D eigenvalue weighted by Gasteiger charge is -2.30. The number of halogens is 1. The van der Waals surface area contributed by atoms with Crippen LogP contribution in [0.5, 0.6) is 0 Å². The Morgan fingerprint density at radius 1 is 1.30 bits per heavy atom. The van der Waals surface area contributed by atoms with E-state index in [1.165, 1.54) is 6.20 Å². The first-order valence-electron chi connectivity index (χ1n) is 6.87. The molecule has 0 unspecified atom stereocenters. The van der Waals surface area contributed by atoms with Crippen molar-refractivity contribution >= 4 is 22.4 Å². The van der Waals surface area contributed by atoms with E-state index >= 15 is 0 Å². The number of aryl methyl sites for hydroxylation is 1. The van der Waals surface area contributed by atoms with Crippen molar-refractivity contribution in [3.05, 3.63) is 12.0 Å². The molecule has 0 atom stereocenters. The molecule has 0 amide bonds. The highest BCUT2D eigenvalue weighted by Gasteiger charge is 2.33. The predicted octanol–water partition coefficient (Wildman–Crippen LogP) is 0.610. The molecule has 8 heteroatoms. The molecule has 1 aromatic heterocycles. The summed E-state index contributed by atoms with van der Waals surface area (Å²) in [5.74, 6) is 1.36. The lowest BCUT2D eigenvalue weighted by atomic mass is 9.99. The van der Waals surface area contributed by atoms with Gasteiger partial charge in [0.15, 0.2) is 5.03 Å². The number of hydrogen-bond donors (Lipinski definition) is 1. The first kappa shape index (κ1) is 15.8. The van der Waals surface area contributed by atoms with Gasteiger partial charge in [-0.1, -0.05) is 0 Å². The molecule has 0 aromatic carbocycles. The zero-order chi connectivity index (χ0) is 13.5. The highest BCUT2D eigenvalue weighted by molar-refractivity contribution is 7.89. The van der Waals surface area contributed by atoms with Crippen molar-refractivity contribution in [1.29, 1.82) is 0 Å². The highest BCUT2D eigenvalue weighted by Crippen LogP contribution is 2.26. The zero-order valence-electron chi connectivity index (χ0n) is 11.4. The topological polar surface area (TPSA) is 81.2 Å². The lowest BCUT2D eigenvalue weighted by Crippen LogP contribution is -2.40. The second-order valence-corrected chi connectivity index (χ2v) is 7.24. The van der Waals surface area contributed by atoms with Crippen molar-refractivity contribution < 1.29 is 8.42 Å². The Morgan fingerprint density at radius 3 is 2.65 bits per heavy atom. The van der Waals surface area contributed by atoms with Gasteiger partial charge in [0.1, 0.15) is 5.82 Å². The molecule has 3 heterocycles. The largest absolute Gasteiger partial charge is 0.330 e. The molecule has 0 aliphatic carbocycles. The minimum absolute atomic E-state index is 0. The van der Waals surface area contributed by atoms with Crippen LogP contribution in [0.1, 0.15) is 25.1 Å². The third-order valence-electron chi connectivity index (χ3n) is 4.19. The van der Waals surface area contributed by atoms with E-state index in [4.69, 9.17) is 5.73 Å². The molecular weight excluding hydrogens is 300 g/mol. The predicted molar refractivity (Wildman–Crippen MR) is 78.3 cm³/mol. The maximum atomic E-state index is 12.6. The van der Waals surface area contributed by atoms with Gasteiger partial charge in [-0.15, -0.1) is 12.4 Å². The monoisotopic (exact) mass is 320 g/mol. The SMILES string of the molecule is Cl.NCC1CCN(S(=O)(=O)c2cnc3n2CCC3)CC1. The molecule has 2 aliphatic rings. The number of piperidine rings is 1. The first-order chi connectivity index (χ1) is 9.13. The Morgan fingerprint density at radius 2 is 2.00 bits per heavy atom. The Bertz CT molecular complexity index is 564. The molecule has 114 valence electrons. The maximum absolute atomic E-state index is 12.6. The molecule has 6 nitrogen and oxygen atoms in total. The molecule has 0 bridgehead atoms. The highest BCUT2D eigenvalue weighted by atomic mass is 35.5. The average Bonchev–Trinajstić information content (AvgIpc) is 3.01. The Labute approximate surface area is 125 Å². The summed E-state index contributed by atoms with van der Waals surface area (Å²) in [4.78, 5) is 4.23. The second-order valence-electron chi connectivity index (χ2n) is 5.35. The van der Waals surface area contributed by atoms with Crippen molar-refractivity contribution in [2.45, 2.75) is 37.3 Å². The van der Waals surface area contributed by atoms with E-state index in [0.717, 1.165) is 38.1 Å². The second kappa shape index (κ2) is 6.01. The quantitative estimate of drug-likeness (QED) is 0.884. The summed E-state index contributed by atoms with van der Waals surface area (Å²) in [7, 11) is -3.38. The normalized spacial score (nSPS) is 20.6. The fourth-order valence-corrected chi connectivity index (χ4v) is 4.57. The maximum Gasteiger partial charge on any atom is 0.260 e. The van der Waals surface area contributed by atoms with Gasteiger partial charge in [-0.2, -0.15) is 4.31 Å². The standard InChI is InChI=1S/C12H20N4O2S.ClH/c13-8-10-3-6-15(7-4-10)19(17,18)12-9-14-11-2-1-5-16(11)12;/h9-10H,1-8,13H2;1H. The third-order valence-corrected chi connectivity index (χ3v) is 6.09. The van der Waals surface area contributed by atoms with Crippen LogP contribution >= 0.6 is 12.4 Å². The molecule has 1 fully saturated rings. The summed E-state index contributed by atoms with van der Waals surface area (Å²) in [6, 6.07) is 0. The number of hydrogen-bond acceptors (Lipinski definition) is 4. The number of sulfonamides is 1. The number of aromatic nitrogens is 2. The molecule has 0 radical (unpaired) electrons. The van der Waals surface area contributed by atoms with Crippen LogP contribution < -0.4 is 5.73 Å². The Hall–Kier alpha value is -0.630. The van der Waals surface area contributed by atoms with E-state index in [1.54, 1.807) is 4.31 Å². The lowest BCUT2D eigenvalue weighted by molar-refractivity contribution is 0.277.